The molecule has 0 spiro atoms. The van der Waals surface area contributed by atoms with Crippen LogP contribution >= 0.6 is 0 Å². The SMILES string of the molecule is CCCCCCC/C=C\C/C=C\C/C=C\CCCCCCCCCCCCCCCCC(=O)OC(CO)COC(=O)CCCCCCCCCCCCCCC/C=C\CCCCCCCCCC. The molecule has 5 heteroatoms. The number of hydrogen-bond donors (Lipinski definition) is 1. The summed E-state index contributed by atoms with van der Waals surface area (Å²) < 4.78 is 10.7. The molecule has 1 atom stereocenters. The molecule has 0 bridgehead atoms. The lowest BCUT2D eigenvalue weighted by Gasteiger charge is -2.15. The molecule has 0 aliphatic heterocycles. The summed E-state index contributed by atoms with van der Waals surface area (Å²) in [6.45, 7) is 4.17. The number of hydrogen-bond acceptors (Lipinski definition) is 5. The predicted molar refractivity (Wildman–Crippen MR) is 297 cm³/mol. The van der Waals surface area contributed by atoms with Crippen molar-refractivity contribution in [3.8, 4) is 0 Å². The quantitative estimate of drug-likeness (QED) is 0.0374. The van der Waals surface area contributed by atoms with Gasteiger partial charge in [-0.05, 0) is 77.0 Å². The molecular formula is C63H116O5. The van der Waals surface area contributed by atoms with Crippen LogP contribution in [0.5, 0.6) is 0 Å². The predicted octanol–water partition coefficient (Wildman–Crippen LogP) is 20.4. The van der Waals surface area contributed by atoms with Crippen molar-refractivity contribution in [2.75, 3.05) is 13.2 Å². The second-order valence-electron chi connectivity index (χ2n) is 20.4. The first-order valence-electron chi connectivity index (χ1n) is 30.2. The molecule has 398 valence electrons. The van der Waals surface area contributed by atoms with Crippen LogP contribution in [0.15, 0.2) is 48.6 Å². The van der Waals surface area contributed by atoms with Gasteiger partial charge in [-0.25, -0.2) is 0 Å². The molecule has 0 saturated carbocycles. The molecule has 5 nitrogen and oxygen atoms in total. The van der Waals surface area contributed by atoms with Gasteiger partial charge in [0.25, 0.3) is 0 Å². The maximum Gasteiger partial charge on any atom is 0.306 e. The van der Waals surface area contributed by atoms with E-state index >= 15 is 0 Å². The molecule has 0 radical (unpaired) electrons. The zero-order chi connectivity index (χ0) is 49.2. The maximum absolute atomic E-state index is 12.3. The molecule has 0 heterocycles. The molecule has 0 fully saturated rings. The van der Waals surface area contributed by atoms with Gasteiger partial charge in [-0.2, -0.15) is 0 Å². The topological polar surface area (TPSA) is 72.8 Å². The minimum absolute atomic E-state index is 0.0632. The van der Waals surface area contributed by atoms with E-state index < -0.39 is 6.10 Å². The molecule has 68 heavy (non-hydrogen) atoms. The Morgan fingerprint density at radius 2 is 0.588 bits per heavy atom. The Bertz CT molecular complexity index is 1120. The van der Waals surface area contributed by atoms with Gasteiger partial charge in [0.05, 0.1) is 6.61 Å². The zero-order valence-electron chi connectivity index (χ0n) is 45.6. The third-order valence-electron chi connectivity index (χ3n) is 13.6. The Labute approximate surface area is 424 Å². The van der Waals surface area contributed by atoms with Crippen molar-refractivity contribution in [2.45, 2.75) is 328 Å². The number of carbonyl (C=O) groups excluding carboxylic acids is 2. The van der Waals surface area contributed by atoms with Gasteiger partial charge in [0.2, 0.25) is 0 Å². The molecule has 0 saturated heterocycles. The summed E-state index contributed by atoms with van der Waals surface area (Å²) in [7, 11) is 0. The summed E-state index contributed by atoms with van der Waals surface area (Å²) in [5.74, 6) is -0.577. The molecule has 0 aliphatic carbocycles. The number of unbranched alkanes of at least 4 members (excludes halogenated alkanes) is 40. The van der Waals surface area contributed by atoms with Gasteiger partial charge >= 0.3 is 11.9 Å². The molecule has 0 aromatic carbocycles. The van der Waals surface area contributed by atoms with E-state index in [1.807, 2.05) is 0 Å². The van der Waals surface area contributed by atoms with Crippen molar-refractivity contribution in [1.29, 1.82) is 0 Å². The lowest BCUT2D eigenvalue weighted by atomic mass is 10.0. The lowest BCUT2D eigenvalue weighted by molar-refractivity contribution is -0.161. The van der Waals surface area contributed by atoms with Crippen molar-refractivity contribution < 1.29 is 24.2 Å². The van der Waals surface area contributed by atoms with Crippen molar-refractivity contribution in [2.24, 2.45) is 0 Å². The first-order chi connectivity index (χ1) is 33.6. The Balaban J connectivity index is 3.45. The van der Waals surface area contributed by atoms with Crippen molar-refractivity contribution in [1.82, 2.24) is 0 Å². The standard InChI is InChI=1S/C63H116O5/c1-3-5-7-9-11-13-15-17-19-21-23-25-27-29-30-31-32-34-36-38-40-42-44-46-48-50-52-54-56-58-63(66)68-61(59-64)60-67-62(65)57-55-53-51-49-47-45-43-41-39-37-35-33-28-26-24-22-20-18-16-14-12-10-8-6-4-2/h15,17,21-24,27,29,61,64H,3-14,16,18-20,25-26,28,30-60H2,1-2H3/b17-15-,23-21-,24-22-,29-27-. The number of rotatable bonds is 56. The van der Waals surface area contributed by atoms with Crippen LogP contribution in [0.2, 0.25) is 0 Å². The molecule has 1 unspecified atom stereocenters. The van der Waals surface area contributed by atoms with E-state index in [4.69, 9.17) is 9.47 Å². The van der Waals surface area contributed by atoms with Crippen LogP contribution in [0, 0.1) is 0 Å². The second kappa shape index (κ2) is 59.2. The fourth-order valence-corrected chi connectivity index (χ4v) is 9.03. The van der Waals surface area contributed by atoms with Gasteiger partial charge in [-0.15, -0.1) is 0 Å². The number of aliphatic hydroxyl groups excluding tert-OH is 1. The monoisotopic (exact) mass is 953 g/mol. The summed E-state index contributed by atoms with van der Waals surface area (Å²) >= 11 is 0. The smallest absolute Gasteiger partial charge is 0.306 e. The number of esters is 2. The van der Waals surface area contributed by atoms with Crippen LogP contribution in [-0.4, -0.2) is 36.4 Å². The summed E-state index contributed by atoms with van der Waals surface area (Å²) in [5.41, 5.74) is 0. The number of aliphatic hydroxyl groups is 1. The zero-order valence-corrected chi connectivity index (χ0v) is 45.6. The van der Waals surface area contributed by atoms with Crippen LogP contribution in [0.1, 0.15) is 322 Å². The van der Waals surface area contributed by atoms with Crippen molar-refractivity contribution >= 4 is 11.9 Å². The van der Waals surface area contributed by atoms with Crippen LogP contribution in [0.3, 0.4) is 0 Å². The van der Waals surface area contributed by atoms with Gasteiger partial charge in [0, 0.05) is 12.8 Å². The normalized spacial score (nSPS) is 12.5. The van der Waals surface area contributed by atoms with Crippen LogP contribution in [-0.2, 0) is 19.1 Å². The average molecular weight is 954 g/mol. The summed E-state index contributed by atoms with van der Waals surface area (Å²) in [5, 5.41) is 9.67. The Kier molecular flexibility index (Phi) is 57.3. The van der Waals surface area contributed by atoms with Crippen LogP contribution in [0.4, 0.5) is 0 Å². The van der Waals surface area contributed by atoms with E-state index in [-0.39, 0.29) is 25.2 Å². The lowest BCUT2D eigenvalue weighted by Crippen LogP contribution is -2.28. The summed E-state index contributed by atoms with van der Waals surface area (Å²) in [6, 6.07) is 0. The maximum atomic E-state index is 12.3. The molecule has 0 aromatic rings. The fourth-order valence-electron chi connectivity index (χ4n) is 9.03. The van der Waals surface area contributed by atoms with Gasteiger partial charge in [0.15, 0.2) is 6.10 Å². The van der Waals surface area contributed by atoms with Gasteiger partial charge in [-0.3, -0.25) is 9.59 Å². The average Bonchev–Trinajstić information content (AvgIpc) is 3.34. The number of ether oxygens (including phenoxy) is 2. The van der Waals surface area contributed by atoms with Gasteiger partial charge in [0.1, 0.15) is 6.61 Å². The van der Waals surface area contributed by atoms with Crippen molar-refractivity contribution in [3.05, 3.63) is 48.6 Å². The highest BCUT2D eigenvalue weighted by Crippen LogP contribution is 2.17. The summed E-state index contributed by atoms with van der Waals surface area (Å²) in [4.78, 5) is 24.6. The van der Waals surface area contributed by atoms with E-state index in [2.05, 4.69) is 62.5 Å². The van der Waals surface area contributed by atoms with Crippen LogP contribution in [0.25, 0.3) is 0 Å². The largest absolute Gasteiger partial charge is 0.462 e. The third kappa shape index (κ3) is 56.4. The van der Waals surface area contributed by atoms with Gasteiger partial charge < -0.3 is 14.6 Å². The van der Waals surface area contributed by atoms with Crippen LogP contribution < -0.4 is 0 Å². The molecule has 0 aliphatic rings. The number of allylic oxidation sites excluding steroid dienone is 8. The number of carbonyl (C=O) groups is 2. The highest BCUT2D eigenvalue weighted by atomic mass is 16.6. The van der Waals surface area contributed by atoms with E-state index in [9.17, 15) is 14.7 Å². The fraction of sp³-hybridized carbons (Fsp3) is 0.841. The minimum atomic E-state index is -0.773. The molecular weight excluding hydrogens is 837 g/mol. The van der Waals surface area contributed by atoms with Crippen molar-refractivity contribution in [3.63, 3.8) is 0 Å². The first-order valence-corrected chi connectivity index (χ1v) is 30.2. The first kappa shape index (κ1) is 65.9. The third-order valence-corrected chi connectivity index (χ3v) is 13.6. The molecule has 1 N–H and O–H groups in total. The van der Waals surface area contributed by atoms with E-state index in [1.165, 1.54) is 244 Å². The Morgan fingerprint density at radius 3 is 0.897 bits per heavy atom. The molecule has 0 aromatic heterocycles. The minimum Gasteiger partial charge on any atom is -0.462 e. The van der Waals surface area contributed by atoms with Gasteiger partial charge in [-0.1, -0.05) is 281 Å². The Hall–Kier alpha value is -2.14. The highest BCUT2D eigenvalue weighted by molar-refractivity contribution is 5.70. The Morgan fingerprint density at radius 1 is 0.338 bits per heavy atom. The summed E-state index contributed by atoms with van der Waals surface area (Å²) in [6.07, 6.45) is 78.1. The second-order valence-corrected chi connectivity index (χ2v) is 20.4. The van der Waals surface area contributed by atoms with E-state index in [0.29, 0.717) is 12.8 Å². The highest BCUT2D eigenvalue weighted by Gasteiger charge is 2.16. The molecule has 0 amide bonds. The van der Waals surface area contributed by atoms with E-state index in [0.717, 1.165) is 51.4 Å². The molecule has 0 rings (SSSR count). The van der Waals surface area contributed by atoms with E-state index in [1.54, 1.807) is 0 Å².